The fourth-order valence-corrected chi connectivity index (χ4v) is 6.54. The first-order valence-electron chi connectivity index (χ1n) is 17.0. The fourth-order valence-electron chi connectivity index (χ4n) is 6.54. The number of nitrogens with one attached hydrogen (secondary N) is 1. The number of carbonyl (C=O) groups is 3. The van der Waals surface area contributed by atoms with Crippen LogP contribution < -0.4 is 5.32 Å². The van der Waals surface area contributed by atoms with Gasteiger partial charge in [0.05, 0.1) is 29.6 Å². The Morgan fingerprint density at radius 3 is 2.43 bits per heavy atom. The topological polar surface area (TPSA) is 132 Å². The van der Waals surface area contributed by atoms with Crippen LogP contribution in [0.2, 0.25) is 0 Å². The third-order valence-electron chi connectivity index (χ3n) is 8.91. The van der Waals surface area contributed by atoms with Gasteiger partial charge in [-0.3, -0.25) is 9.78 Å². The zero-order chi connectivity index (χ0) is 37.8. The van der Waals surface area contributed by atoms with Crippen molar-refractivity contribution in [1.82, 2.24) is 19.8 Å². The number of rotatable bonds is 14. The summed E-state index contributed by atoms with van der Waals surface area (Å²) in [5.74, 6) is -1.73. The molecule has 0 radical (unpaired) electrons. The van der Waals surface area contributed by atoms with Crippen LogP contribution in [0.4, 0.5) is 18.0 Å². The van der Waals surface area contributed by atoms with Crippen molar-refractivity contribution in [2.75, 3.05) is 33.4 Å². The predicted octanol–water partition coefficient (Wildman–Crippen LogP) is 7.04. The number of pyridine rings is 1. The average Bonchev–Trinajstić information content (AvgIpc) is 3.63. The standard InChI is InChI=1S/C37H49F3N4O7/c1-21(49-8)30-25(10-9-14-41-30)31-27(17-37(6,7)20-50-22(2)45)26-16-23(11-12-29(26)44(31)33(40)32(38)39)24-13-15-43(18-24)19-28(34(46)47)42-35(48)51-36(3,4)5/h9-12,14,16,21,24,28,32-33H,13,15,17-20H2,1-8H3,(H,42,48)(H,46,47)/t21-,24?,28-,33?/m0/s1. The number of hydrogen-bond acceptors (Lipinski definition) is 8. The Bertz CT molecular complexity index is 1720. The van der Waals surface area contributed by atoms with E-state index in [2.05, 4.69) is 10.3 Å². The second-order valence-electron chi connectivity index (χ2n) is 14.9. The first kappa shape index (κ1) is 39.6. The Labute approximate surface area is 296 Å². The number of likely N-dealkylation sites (tertiary alicyclic amines) is 1. The maximum absolute atomic E-state index is 15.9. The summed E-state index contributed by atoms with van der Waals surface area (Å²) in [5.41, 5.74) is 1.37. The van der Waals surface area contributed by atoms with Crippen molar-refractivity contribution in [3.8, 4) is 11.3 Å². The van der Waals surface area contributed by atoms with Gasteiger partial charge in [-0.1, -0.05) is 19.9 Å². The molecule has 280 valence electrons. The van der Waals surface area contributed by atoms with Crippen molar-refractivity contribution in [2.24, 2.45) is 5.41 Å². The van der Waals surface area contributed by atoms with Crippen LogP contribution in [0.15, 0.2) is 36.5 Å². The minimum Gasteiger partial charge on any atom is -0.480 e. The number of hydrogen-bond donors (Lipinski definition) is 2. The van der Waals surface area contributed by atoms with Crippen molar-refractivity contribution in [1.29, 1.82) is 0 Å². The van der Waals surface area contributed by atoms with Crippen molar-refractivity contribution >= 4 is 28.9 Å². The van der Waals surface area contributed by atoms with Gasteiger partial charge in [0, 0.05) is 49.7 Å². The Morgan fingerprint density at radius 1 is 1.12 bits per heavy atom. The molecule has 1 aliphatic rings. The molecule has 1 saturated heterocycles. The number of carboxylic acid groups (broad SMARTS) is 1. The Balaban J connectivity index is 1.80. The lowest BCUT2D eigenvalue weighted by Crippen LogP contribution is -2.49. The molecule has 2 N–H and O–H groups in total. The summed E-state index contributed by atoms with van der Waals surface area (Å²) < 4.78 is 61.7. The molecule has 4 atom stereocenters. The lowest BCUT2D eigenvalue weighted by molar-refractivity contribution is -0.144. The molecule has 4 rings (SSSR count). The van der Waals surface area contributed by atoms with Crippen LogP contribution in [0.3, 0.4) is 0 Å². The van der Waals surface area contributed by atoms with Gasteiger partial charge in [0.15, 0.2) is 0 Å². The van der Waals surface area contributed by atoms with Gasteiger partial charge in [0.2, 0.25) is 6.30 Å². The number of amides is 1. The molecule has 0 spiro atoms. The number of aliphatic carboxylic acids is 1. The zero-order valence-electron chi connectivity index (χ0n) is 30.5. The van der Waals surface area contributed by atoms with Gasteiger partial charge in [0.25, 0.3) is 6.43 Å². The predicted molar refractivity (Wildman–Crippen MR) is 185 cm³/mol. The van der Waals surface area contributed by atoms with E-state index in [1.807, 2.05) is 24.8 Å². The maximum Gasteiger partial charge on any atom is 0.408 e. The SMILES string of the molecule is CO[C@@H](C)c1ncccc1-c1c(CC(C)(C)COC(C)=O)c2cc(C3CCN(C[C@H](NC(=O)OC(C)(C)C)C(=O)O)C3)ccc2n1C(F)C(F)F. The molecule has 1 amide bonds. The van der Waals surface area contributed by atoms with E-state index in [0.717, 1.165) is 10.1 Å². The normalized spacial score (nSPS) is 17.4. The van der Waals surface area contributed by atoms with E-state index in [-0.39, 0.29) is 36.7 Å². The van der Waals surface area contributed by atoms with Crippen molar-refractivity contribution in [2.45, 2.75) is 97.7 Å². The highest BCUT2D eigenvalue weighted by atomic mass is 19.3. The lowest BCUT2D eigenvalue weighted by atomic mass is 9.84. The summed E-state index contributed by atoms with van der Waals surface area (Å²) in [6.45, 7) is 13.0. The molecule has 14 heteroatoms. The molecule has 0 aliphatic carbocycles. The first-order chi connectivity index (χ1) is 23.8. The Hall–Kier alpha value is -4.17. The number of benzene rings is 1. The number of methoxy groups -OCH3 is 1. The van der Waals surface area contributed by atoms with Gasteiger partial charge in [-0.2, -0.15) is 0 Å². The van der Waals surface area contributed by atoms with Gasteiger partial charge in [-0.25, -0.2) is 22.8 Å². The maximum atomic E-state index is 15.9. The largest absolute Gasteiger partial charge is 0.480 e. The quantitative estimate of drug-likeness (QED) is 0.169. The third kappa shape index (κ3) is 9.79. The number of halogens is 3. The summed E-state index contributed by atoms with van der Waals surface area (Å²) in [5, 5.41) is 12.8. The van der Waals surface area contributed by atoms with Crippen LogP contribution in [0.5, 0.6) is 0 Å². The minimum atomic E-state index is -3.33. The van der Waals surface area contributed by atoms with Crippen LogP contribution in [0, 0.1) is 5.41 Å². The second-order valence-corrected chi connectivity index (χ2v) is 14.9. The Morgan fingerprint density at radius 2 is 1.82 bits per heavy atom. The molecule has 1 aromatic carbocycles. The van der Waals surface area contributed by atoms with Crippen molar-refractivity contribution in [3.63, 3.8) is 0 Å². The number of aromatic nitrogens is 2. The highest BCUT2D eigenvalue weighted by molar-refractivity contribution is 5.93. The molecule has 0 saturated carbocycles. The molecule has 2 aromatic heterocycles. The van der Waals surface area contributed by atoms with Crippen LogP contribution in [-0.4, -0.2) is 89.0 Å². The van der Waals surface area contributed by atoms with Crippen LogP contribution in [0.1, 0.15) is 90.0 Å². The first-order valence-corrected chi connectivity index (χ1v) is 17.0. The summed E-state index contributed by atoms with van der Waals surface area (Å²) in [6, 6.07) is 7.49. The van der Waals surface area contributed by atoms with Crippen LogP contribution in [-0.2, 0) is 30.2 Å². The zero-order valence-corrected chi connectivity index (χ0v) is 30.5. The second kappa shape index (κ2) is 16.0. The highest BCUT2D eigenvalue weighted by Crippen LogP contribution is 2.44. The van der Waals surface area contributed by atoms with Gasteiger partial charge >= 0.3 is 18.0 Å². The molecule has 3 heterocycles. The molecule has 11 nitrogen and oxygen atoms in total. The average molecular weight is 719 g/mol. The van der Waals surface area contributed by atoms with Crippen molar-refractivity contribution < 1.29 is 46.9 Å². The van der Waals surface area contributed by atoms with E-state index in [0.29, 0.717) is 41.7 Å². The van der Waals surface area contributed by atoms with Gasteiger partial charge in [0.1, 0.15) is 11.6 Å². The molecule has 2 unspecified atom stereocenters. The van der Waals surface area contributed by atoms with Gasteiger partial charge < -0.3 is 34.1 Å². The van der Waals surface area contributed by atoms with E-state index < -0.39 is 53.9 Å². The number of carboxylic acids is 1. The lowest BCUT2D eigenvalue weighted by Gasteiger charge is -2.26. The summed E-state index contributed by atoms with van der Waals surface area (Å²) >= 11 is 0. The molecular formula is C37H49F3N4O7. The van der Waals surface area contributed by atoms with E-state index in [9.17, 15) is 28.3 Å². The number of ether oxygens (including phenoxy) is 3. The van der Waals surface area contributed by atoms with Gasteiger partial charge in [-0.15, -0.1) is 0 Å². The molecular weight excluding hydrogens is 669 g/mol. The number of alkyl carbamates (subject to hydrolysis) is 1. The smallest absolute Gasteiger partial charge is 0.408 e. The minimum absolute atomic E-state index is 0.0378. The number of fused-ring (bicyclic) bond motifs is 1. The molecule has 3 aromatic rings. The third-order valence-corrected chi connectivity index (χ3v) is 8.91. The summed E-state index contributed by atoms with van der Waals surface area (Å²) in [4.78, 5) is 42.6. The van der Waals surface area contributed by atoms with Crippen molar-refractivity contribution in [3.05, 3.63) is 53.3 Å². The van der Waals surface area contributed by atoms with Crippen LogP contribution >= 0.6 is 0 Å². The van der Waals surface area contributed by atoms with Gasteiger partial charge in [-0.05, 0) is 88.4 Å². The van der Waals surface area contributed by atoms with E-state index in [4.69, 9.17) is 14.2 Å². The van der Waals surface area contributed by atoms with E-state index >= 15 is 4.39 Å². The monoisotopic (exact) mass is 718 g/mol. The molecule has 51 heavy (non-hydrogen) atoms. The molecule has 1 aliphatic heterocycles. The molecule has 0 bridgehead atoms. The van der Waals surface area contributed by atoms with E-state index in [1.54, 1.807) is 58.2 Å². The molecule has 1 fully saturated rings. The number of esters is 1. The highest BCUT2D eigenvalue weighted by Gasteiger charge is 2.35. The summed E-state index contributed by atoms with van der Waals surface area (Å²) in [6.07, 6.45) is -4.93. The van der Waals surface area contributed by atoms with Crippen LogP contribution in [0.25, 0.3) is 22.2 Å². The number of nitrogens with zero attached hydrogens (tertiary/aromatic N) is 3. The summed E-state index contributed by atoms with van der Waals surface area (Å²) in [7, 11) is 1.50. The fraction of sp³-hybridized carbons (Fsp3) is 0.568. The number of carbonyl (C=O) groups excluding carboxylic acids is 2. The Kier molecular flexibility index (Phi) is 12.4. The number of alkyl halides is 3. The van der Waals surface area contributed by atoms with E-state index in [1.165, 1.54) is 14.0 Å².